The fourth-order valence-corrected chi connectivity index (χ4v) is 1.62. The van der Waals surface area contributed by atoms with Crippen LogP contribution in [0.2, 0.25) is 0 Å². The fourth-order valence-electron chi connectivity index (χ4n) is 1.62. The van der Waals surface area contributed by atoms with Crippen LogP contribution < -0.4 is 5.32 Å². The summed E-state index contributed by atoms with van der Waals surface area (Å²) >= 11 is 0. The highest BCUT2D eigenvalue weighted by atomic mass is 16.5. The lowest BCUT2D eigenvalue weighted by Gasteiger charge is -2.25. The van der Waals surface area contributed by atoms with Crippen LogP contribution in [0.3, 0.4) is 0 Å². The van der Waals surface area contributed by atoms with Crippen molar-refractivity contribution in [2.75, 3.05) is 13.2 Å². The average molecular weight is 254 g/mol. The zero-order valence-corrected chi connectivity index (χ0v) is 12.8. The van der Waals surface area contributed by atoms with Crippen LogP contribution in [-0.2, 0) is 4.74 Å². The molecule has 0 aliphatic rings. The first-order valence-electron chi connectivity index (χ1n) is 7.19. The summed E-state index contributed by atoms with van der Waals surface area (Å²) in [4.78, 5) is 0. The van der Waals surface area contributed by atoms with Crippen LogP contribution in [0.4, 0.5) is 0 Å². The van der Waals surface area contributed by atoms with Crippen LogP contribution in [0, 0.1) is 11.3 Å². The average Bonchev–Trinajstić information content (AvgIpc) is 2.36. The van der Waals surface area contributed by atoms with Crippen LogP contribution in [0.25, 0.3) is 0 Å². The van der Waals surface area contributed by atoms with E-state index >= 15 is 0 Å². The van der Waals surface area contributed by atoms with Gasteiger partial charge in [0.25, 0.3) is 0 Å². The van der Waals surface area contributed by atoms with Crippen molar-refractivity contribution in [2.45, 2.75) is 77.9 Å². The Morgan fingerprint density at radius 1 is 1.17 bits per heavy atom. The molecule has 106 valence electrons. The minimum absolute atomic E-state index is 0.0149. The molecule has 1 N–H and O–H groups in total. The first-order chi connectivity index (χ1) is 8.39. The predicted octanol–water partition coefficient (Wildman–Crippen LogP) is 3.64. The van der Waals surface area contributed by atoms with E-state index in [1.54, 1.807) is 0 Å². The number of nitriles is 1. The number of nitrogens with one attached hydrogen (secondary N) is 1. The fraction of sp³-hybridized carbons (Fsp3) is 0.933. The molecule has 0 bridgehead atoms. The van der Waals surface area contributed by atoms with Crippen LogP contribution in [0.15, 0.2) is 0 Å². The van der Waals surface area contributed by atoms with Gasteiger partial charge in [0.05, 0.1) is 11.7 Å². The lowest BCUT2D eigenvalue weighted by Crippen LogP contribution is -2.41. The Labute approximate surface area is 113 Å². The minimum Gasteiger partial charge on any atom is -0.376 e. The third kappa shape index (κ3) is 7.68. The van der Waals surface area contributed by atoms with Crippen LogP contribution in [0.1, 0.15) is 66.7 Å². The number of unbranched alkanes of at least 4 members (excludes halogenated alkanes) is 1. The quantitative estimate of drug-likeness (QED) is 0.605. The maximum absolute atomic E-state index is 9.19. The summed E-state index contributed by atoms with van der Waals surface area (Å²) in [5.41, 5.74) is -0.394. The Hall–Kier alpha value is -0.590. The molecule has 0 aromatic rings. The molecule has 0 heterocycles. The highest BCUT2D eigenvalue weighted by Crippen LogP contribution is 2.16. The molecule has 0 spiro atoms. The highest BCUT2D eigenvalue weighted by Gasteiger charge is 2.22. The van der Waals surface area contributed by atoms with Crippen LogP contribution in [-0.4, -0.2) is 24.3 Å². The van der Waals surface area contributed by atoms with Gasteiger partial charge in [0.15, 0.2) is 0 Å². The van der Waals surface area contributed by atoms with Crippen molar-refractivity contribution in [1.29, 1.82) is 5.26 Å². The minimum atomic E-state index is -0.379. The maximum Gasteiger partial charge on any atom is 0.103 e. The Bertz CT molecular complexity index is 258. The van der Waals surface area contributed by atoms with Crippen molar-refractivity contribution < 1.29 is 4.74 Å². The van der Waals surface area contributed by atoms with Gasteiger partial charge in [0.1, 0.15) is 5.54 Å². The van der Waals surface area contributed by atoms with Gasteiger partial charge in [-0.15, -0.1) is 0 Å². The summed E-state index contributed by atoms with van der Waals surface area (Å²) in [5.74, 6) is 0. The van der Waals surface area contributed by atoms with E-state index in [4.69, 9.17) is 4.74 Å². The van der Waals surface area contributed by atoms with Crippen molar-refractivity contribution in [3.05, 3.63) is 0 Å². The topological polar surface area (TPSA) is 45.0 Å². The van der Waals surface area contributed by atoms with Gasteiger partial charge in [-0.1, -0.05) is 13.8 Å². The van der Waals surface area contributed by atoms with Gasteiger partial charge < -0.3 is 4.74 Å². The van der Waals surface area contributed by atoms with Gasteiger partial charge >= 0.3 is 0 Å². The Morgan fingerprint density at radius 2 is 1.83 bits per heavy atom. The normalized spacial score (nSPS) is 15.1. The number of hydrogen-bond donors (Lipinski definition) is 1. The first-order valence-corrected chi connectivity index (χ1v) is 7.19. The molecular formula is C15H30N2O. The zero-order chi connectivity index (χ0) is 14.1. The Morgan fingerprint density at radius 3 is 2.33 bits per heavy atom. The van der Waals surface area contributed by atoms with Crippen molar-refractivity contribution >= 4 is 0 Å². The third-order valence-corrected chi connectivity index (χ3v) is 3.43. The van der Waals surface area contributed by atoms with Gasteiger partial charge in [-0.05, 0) is 59.4 Å². The second-order valence-corrected chi connectivity index (χ2v) is 5.79. The summed E-state index contributed by atoms with van der Waals surface area (Å²) in [6.45, 7) is 12.2. The molecule has 3 heteroatoms. The van der Waals surface area contributed by atoms with E-state index < -0.39 is 0 Å². The highest BCUT2D eigenvalue weighted by molar-refractivity contribution is 5.03. The molecule has 0 radical (unpaired) electrons. The molecule has 3 nitrogen and oxygen atoms in total. The molecule has 0 fully saturated rings. The van der Waals surface area contributed by atoms with Gasteiger partial charge in [0.2, 0.25) is 0 Å². The molecule has 0 aromatic carbocycles. The lowest BCUT2D eigenvalue weighted by molar-refractivity contribution is -0.0219. The smallest absolute Gasteiger partial charge is 0.103 e. The molecule has 18 heavy (non-hydrogen) atoms. The SMILES string of the molecule is CCCNC(C)(C#N)CCCCOC(C)(C)CC. The molecule has 0 saturated carbocycles. The van der Waals surface area contributed by atoms with E-state index in [-0.39, 0.29) is 11.1 Å². The molecule has 0 rings (SSSR count). The summed E-state index contributed by atoms with van der Waals surface area (Å²) in [6.07, 6.45) is 5.03. The third-order valence-electron chi connectivity index (χ3n) is 3.43. The maximum atomic E-state index is 9.19. The Balaban J connectivity index is 3.79. The van der Waals surface area contributed by atoms with Crippen LogP contribution >= 0.6 is 0 Å². The number of rotatable bonds is 10. The number of hydrogen-bond acceptors (Lipinski definition) is 3. The predicted molar refractivity (Wildman–Crippen MR) is 76.5 cm³/mol. The molecule has 0 aliphatic heterocycles. The van der Waals surface area contributed by atoms with Crippen molar-refractivity contribution in [3.63, 3.8) is 0 Å². The summed E-state index contributed by atoms with van der Waals surface area (Å²) in [7, 11) is 0. The molecule has 0 saturated heterocycles. The molecule has 0 amide bonds. The Kier molecular flexibility index (Phi) is 8.22. The molecular weight excluding hydrogens is 224 g/mol. The molecule has 1 atom stereocenters. The van der Waals surface area contributed by atoms with Crippen molar-refractivity contribution in [1.82, 2.24) is 5.32 Å². The van der Waals surface area contributed by atoms with Crippen LogP contribution in [0.5, 0.6) is 0 Å². The van der Waals surface area contributed by atoms with E-state index in [0.717, 1.165) is 45.3 Å². The molecule has 0 aliphatic carbocycles. The van der Waals surface area contributed by atoms with Gasteiger partial charge in [-0.25, -0.2) is 0 Å². The molecule has 1 unspecified atom stereocenters. The zero-order valence-electron chi connectivity index (χ0n) is 12.8. The van der Waals surface area contributed by atoms with E-state index in [1.807, 2.05) is 6.92 Å². The van der Waals surface area contributed by atoms with Gasteiger partial charge in [-0.3, -0.25) is 5.32 Å². The van der Waals surface area contributed by atoms with Gasteiger partial charge in [0, 0.05) is 6.61 Å². The summed E-state index contributed by atoms with van der Waals surface area (Å²) in [6, 6.07) is 2.38. The van der Waals surface area contributed by atoms with E-state index in [2.05, 4.69) is 39.1 Å². The van der Waals surface area contributed by atoms with E-state index in [1.165, 1.54) is 0 Å². The monoisotopic (exact) mass is 254 g/mol. The molecule has 0 aromatic heterocycles. The second kappa shape index (κ2) is 8.50. The van der Waals surface area contributed by atoms with Crippen molar-refractivity contribution in [2.24, 2.45) is 0 Å². The number of nitrogens with zero attached hydrogens (tertiary/aromatic N) is 1. The standard InChI is InChI=1S/C15H30N2O/c1-6-11-17-15(5,13-16)10-8-9-12-18-14(3,4)7-2/h17H,6-12H2,1-5H3. The first kappa shape index (κ1) is 17.4. The van der Waals surface area contributed by atoms with E-state index in [9.17, 15) is 5.26 Å². The number of ether oxygens (including phenoxy) is 1. The lowest BCUT2D eigenvalue weighted by atomic mass is 9.96. The van der Waals surface area contributed by atoms with E-state index in [0.29, 0.717) is 0 Å². The van der Waals surface area contributed by atoms with Gasteiger partial charge in [-0.2, -0.15) is 5.26 Å². The summed E-state index contributed by atoms with van der Waals surface area (Å²) in [5, 5.41) is 12.5. The summed E-state index contributed by atoms with van der Waals surface area (Å²) < 4.78 is 5.80. The van der Waals surface area contributed by atoms with Crippen molar-refractivity contribution in [3.8, 4) is 6.07 Å². The largest absolute Gasteiger partial charge is 0.376 e. The second-order valence-electron chi connectivity index (χ2n) is 5.79.